The molecule has 0 rings (SSSR count). The minimum atomic E-state index is -3.06. The van der Waals surface area contributed by atoms with Crippen molar-refractivity contribution in [1.82, 2.24) is 4.72 Å². The maximum atomic E-state index is 11.1. The monoisotopic (exact) mass is 231 g/mol. The standard InChI is InChI=1S/C6H14ClNO2S2/c1-11-5-4-8-12(9,10)6-2-3-7/h8H,2-6H2,1H3. The first kappa shape index (κ1) is 12.6. The number of nitrogens with one attached hydrogen (secondary N) is 1. The zero-order valence-corrected chi connectivity index (χ0v) is 9.44. The van der Waals surface area contributed by atoms with E-state index >= 15 is 0 Å². The molecule has 0 aliphatic rings. The predicted molar refractivity (Wildman–Crippen MR) is 55.5 cm³/mol. The van der Waals surface area contributed by atoms with Gasteiger partial charge < -0.3 is 0 Å². The van der Waals surface area contributed by atoms with Gasteiger partial charge in [0, 0.05) is 18.2 Å². The summed E-state index contributed by atoms with van der Waals surface area (Å²) >= 11 is 6.99. The zero-order valence-electron chi connectivity index (χ0n) is 7.05. The van der Waals surface area contributed by atoms with Gasteiger partial charge >= 0.3 is 0 Å². The van der Waals surface area contributed by atoms with Gasteiger partial charge in [-0.25, -0.2) is 13.1 Å². The fourth-order valence-electron chi connectivity index (χ4n) is 0.616. The molecule has 0 bridgehead atoms. The van der Waals surface area contributed by atoms with Crippen LogP contribution < -0.4 is 4.72 Å². The third-order valence-corrected chi connectivity index (χ3v) is 3.52. The van der Waals surface area contributed by atoms with Crippen molar-refractivity contribution < 1.29 is 8.42 Å². The number of rotatable bonds is 7. The van der Waals surface area contributed by atoms with E-state index in [1.165, 1.54) is 0 Å². The Labute approximate surface area is 83.3 Å². The molecule has 0 atom stereocenters. The number of alkyl halides is 1. The Hall–Kier alpha value is 0.550. The fraction of sp³-hybridized carbons (Fsp3) is 1.00. The predicted octanol–water partition coefficient (Wildman–Crippen LogP) is 0.898. The van der Waals surface area contributed by atoms with Crippen molar-refractivity contribution in [2.45, 2.75) is 6.42 Å². The van der Waals surface area contributed by atoms with Crippen molar-refractivity contribution in [3.8, 4) is 0 Å². The van der Waals surface area contributed by atoms with Crippen molar-refractivity contribution in [2.75, 3.05) is 30.2 Å². The van der Waals surface area contributed by atoms with Crippen molar-refractivity contribution >= 4 is 33.4 Å². The highest BCUT2D eigenvalue weighted by molar-refractivity contribution is 7.98. The average molecular weight is 232 g/mol. The van der Waals surface area contributed by atoms with Crippen molar-refractivity contribution in [1.29, 1.82) is 0 Å². The van der Waals surface area contributed by atoms with E-state index in [-0.39, 0.29) is 5.75 Å². The molecule has 0 unspecified atom stereocenters. The van der Waals surface area contributed by atoms with Crippen LogP contribution >= 0.6 is 23.4 Å². The Balaban J connectivity index is 3.58. The molecule has 0 fully saturated rings. The number of halogens is 1. The minimum Gasteiger partial charge on any atom is -0.214 e. The summed E-state index contributed by atoms with van der Waals surface area (Å²) in [6.07, 6.45) is 2.45. The van der Waals surface area contributed by atoms with E-state index < -0.39 is 10.0 Å². The van der Waals surface area contributed by atoms with Crippen LogP contribution in [0.1, 0.15) is 6.42 Å². The third kappa shape index (κ3) is 7.21. The molecule has 74 valence electrons. The molecule has 0 aliphatic heterocycles. The summed E-state index contributed by atoms with van der Waals surface area (Å²) in [6, 6.07) is 0. The van der Waals surface area contributed by atoms with E-state index in [0.717, 1.165) is 5.75 Å². The van der Waals surface area contributed by atoms with Gasteiger partial charge in [0.1, 0.15) is 0 Å². The lowest BCUT2D eigenvalue weighted by Crippen LogP contribution is -2.28. The van der Waals surface area contributed by atoms with E-state index in [9.17, 15) is 8.42 Å². The molecule has 0 saturated heterocycles. The molecular weight excluding hydrogens is 218 g/mol. The van der Waals surface area contributed by atoms with Gasteiger partial charge in [-0.1, -0.05) is 0 Å². The van der Waals surface area contributed by atoms with E-state index in [4.69, 9.17) is 11.6 Å². The molecule has 3 nitrogen and oxygen atoms in total. The van der Waals surface area contributed by atoms with Gasteiger partial charge in [0.2, 0.25) is 10.0 Å². The van der Waals surface area contributed by atoms with Crippen molar-refractivity contribution in [2.24, 2.45) is 0 Å². The van der Waals surface area contributed by atoms with Gasteiger partial charge in [-0.2, -0.15) is 11.8 Å². The topological polar surface area (TPSA) is 46.2 Å². The van der Waals surface area contributed by atoms with E-state index in [0.29, 0.717) is 18.8 Å². The SMILES string of the molecule is CSCCNS(=O)(=O)CCCCl. The number of hydrogen-bond acceptors (Lipinski definition) is 3. The normalized spacial score (nSPS) is 11.8. The highest BCUT2D eigenvalue weighted by Crippen LogP contribution is 1.93. The third-order valence-electron chi connectivity index (χ3n) is 1.17. The molecule has 0 amide bonds. The quantitative estimate of drug-likeness (QED) is 0.523. The molecule has 12 heavy (non-hydrogen) atoms. The summed E-state index contributed by atoms with van der Waals surface area (Å²) < 4.78 is 24.7. The van der Waals surface area contributed by atoms with Crippen LogP contribution in [0.25, 0.3) is 0 Å². The summed E-state index contributed by atoms with van der Waals surface area (Å²) in [4.78, 5) is 0. The van der Waals surface area contributed by atoms with Crippen molar-refractivity contribution in [3.05, 3.63) is 0 Å². The molecule has 0 radical (unpaired) electrons. The molecule has 0 aromatic heterocycles. The maximum absolute atomic E-state index is 11.1. The first-order chi connectivity index (χ1) is 5.62. The van der Waals surface area contributed by atoms with Crippen LogP contribution in [0.4, 0.5) is 0 Å². The second-order valence-corrected chi connectivity index (χ2v) is 5.54. The molecule has 0 heterocycles. The van der Waals surface area contributed by atoms with Crippen LogP contribution in [0.5, 0.6) is 0 Å². The minimum absolute atomic E-state index is 0.130. The molecule has 0 aromatic rings. The molecule has 0 spiro atoms. The van der Waals surface area contributed by atoms with Gasteiger partial charge in [-0.15, -0.1) is 11.6 Å². The Morgan fingerprint density at radius 1 is 1.50 bits per heavy atom. The van der Waals surface area contributed by atoms with Crippen LogP contribution in [0.15, 0.2) is 0 Å². The van der Waals surface area contributed by atoms with Gasteiger partial charge in [-0.3, -0.25) is 0 Å². The van der Waals surface area contributed by atoms with Crippen molar-refractivity contribution in [3.63, 3.8) is 0 Å². The van der Waals surface area contributed by atoms with Crippen LogP contribution in [-0.4, -0.2) is 38.6 Å². The summed E-state index contributed by atoms with van der Waals surface area (Å²) in [5, 5.41) is 0. The molecule has 0 aromatic carbocycles. The van der Waals surface area contributed by atoms with Gasteiger partial charge in [0.05, 0.1) is 5.75 Å². The summed E-state index contributed by atoms with van der Waals surface area (Å²) in [5.74, 6) is 1.33. The number of hydrogen-bond donors (Lipinski definition) is 1. The molecular formula is C6H14ClNO2S2. The first-order valence-electron chi connectivity index (χ1n) is 3.64. The fourth-order valence-corrected chi connectivity index (χ4v) is 2.43. The molecule has 0 saturated carbocycles. The molecule has 1 N–H and O–H groups in total. The first-order valence-corrected chi connectivity index (χ1v) is 7.22. The van der Waals surface area contributed by atoms with Gasteiger partial charge in [-0.05, 0) is 12.7 Å². The van der Waals surface area contributed by atoms with E-state index in [1.807, 2.05) is 6.26 Å². The van der Waals surface area contributed by atoms with E-state index in [1.54, 1.807) is 11.8 Å². The average Bonchev–Trinajstić information content (AvgIpc) is 2.01. The smallest absolute Gasteiger partial charge is 0.211 e. The zero-order chi connectivity index (χ0) is 9.45. The summed E-state index contributed by atoms with van der Waals surface area (Å²) in [7, 11) is -3.06. The molecule has 6 heteroatoms. The Morgan fingerprint density at radius 3 is 2.67 bits per heavy atom. The van der Waals surface area contributed by atoms with Crippen LogP contribution in [0.2, 0.25) is 0 Å². The number of sulfonamides is 1. The number of thioether (sulfide) groups is 1. The van der Waals surface area contributed by atoms with Crippen LogP contribution in [-0.2, 0) is 10.0 Å². The summed E-state index contributed by atoms with van der Waals surface area (Å²) in [6.45, 7) is 0.506. The second-order valence-electron chi connectivity index (χ2n) is 2.25. The lowest BCUT2D eigenvalue weighted by atomic mass is 10.6. The molecule has 0 aliphatic carbocycles. The summed E-state index contributed by atoms with van der Waals surface area (Å²) in [5.41, 5.74) is 0. The van der Waals surface area contributed by atoms with Gasteiger partial charge in [0.15, 0.2) is 0 Å². The lowest BCUT2D eigenvalue weighted by molar-refractivity contribution is 0.583. The Kier molecular flexibility index (Phi) is 7.32. The Morgan fingerprint density at radius 2 is 2.17 bits per heavy atom. The van der Waals surface area contributed by atoms with Gasteiger partial charge in [0.25, 0.3) is 0 Å². The van der Waals surface area contributed by atoms with E-state index in [2.05, 4.69) is 4.72 Å². The van der Waals surface area contributed by atoms with Crippen LogP contribution in [0.3, 0.4) is 0 Å². The second kappa shape index (κ2) is 7.00. The highest BCUT2D eigenvalue weighted by atomic mass is 35.5. The maximum Gasteiger partial charge on any atom is 0.211 e. The highest BCUT2D eigenvalue weighted by Gasteiger charge is 2.07. The largest absolute Gasteiger partial charge is 0.214 e. The van der Waals surface area contributed by atoms with Crippen LogP contribution in [0, 0.1) is 0 Å². The Bertz CT molecular complexity index is 194. The lowest BCUT2D eigenvalue weighted by Gasteiger charge is -2.03.